The van der Waals surface area contributed by atoms with E-state index in [9.17, 15) is 22.8 Å². The highest BCUT2D eigenvalue weighted by Crippen LogP contribution is 2.44. The summed E-state index contributed by atoms with van der Waals surface area (Å²) in [6.45, 7) is 6.60. The number of carbonyl (C=O) groups is 2. The first-order valence-corrected chi connectivity index (χ1v) is 14.1. The van der Waals surface area contributed by atoms with E-state index >= 15 is 0 Å². The Bertz CT molecular complexity index is 1760. The average molecular weight is 610 g/mol. The van der Waals surface area contributed by atoms with Gasteiger partial charge in [0.2, 0.25) is 5.91 Å². The fraction of sp³-hybridized carbons (Fsp3) is 0.333. The van der Waals surface area contributed by atoms with E-state index in [4.69, 9.17) is 11.6 Å². The van der Waals surface area contributed by atoms with Gasteiger partial charge < -0.3 is 5.32 Å². The average Bonchev–Trinajstić information content (AvgIpc) is 3.52. The Morgan fingerprint density at radius 3 is 2.56 bits per heavy atom. The third kappa shape index (κ3) is 5.03. The second-order valence-electron chi connectivity index (χ2n) is 10.9. The molecule has 6 rings (SSSR count). The molecule has 0 spiro atoms. The molecule has 2 amide bonds. The predicted molar refractivity (Wildman–Crippen MR) is 154 cm³/mol. The van der Waals surface area contributed by atoms with Gasteiger partial charge >= 0.3 is 0 Å². The van der Waals surface area contributed by atoms with Gasteiger partial charge in [-0.05, 0) is 62.3 Å². The van der Waals surface area contributed by atoms with Crippen molar-refractivity contribution < 1.29 is 22.8 Å². The molecule has 1 aromatic carbocycles. The number of hydrogen-bond donors (Lipinski definition) is 1. The van der Waals surface area contributed by atoms with Crippen molar-refractivity contribution in [2.24, 2.45) is 11.8 Å². The lowest BCUT2D eigenvalue weighted by Crippen LogP contribution is -2.29. The summed E-state index contributed by atoms with van der Waals surface area (Å²) in [6, 6.07) is 1.80. The van der Waals surface area contributed by atoms with Crippen LogP contribution in [0.5, 0.6) is 0 Å². The summed E-state index contributed by atoms with van der Waals surface area (Å²) in [4.78, 5) is 40.3. The van der Waals surface area contributed by atoms with Gasteiger partial charge in [0, 0.05) is 36.0 Å². The van der Waals surface area contributed by atoms with Crippen molar-refractivity contribution in [2.45, 2.75) is 46.1 Å². The largest absolute Gasteiger partial charge is 0.318 e. The van der Waals surface area contributed by atoms with Gasteiger partial charge in [-0.15, -0.1) is 0 Å². The first kappa shape index (κ1) is 28.8. The minimum Gasteiger partial charge on any atom is -0.318 e. The molecule has 4 aromatic rings. The van der Waals surface area contributed by atoms with E-state index in [0.29, 0.717) is 24.0 Å². The number of aromatic nitrogens is 5. The van der Waals surface area contributed by atoms with Gasteiger partial charge in [0.1, 0.15) is 11.5 Å². The molecular formula is C30H27ClF3N7O2. The maximum Gasteiger partial charge on any atom is 0.275 e. The first-order chi connectivity index (χ1) is 20.5. The summed E-state index contributed by atoms with van der Waals surface area (Å²) in [5.74, 6) is -0.366. The lowest BCUT2D eigenvalue weighted by molar-refractivity contribution is -0.123. The summed E-state index contributed by atoms with van der Waals surface area (Å²) < 4.78 is 43.6. The highest BCUT2D eigenvalue weighted by Gasteiger charge is 2.47. The maximum absolute atomic E-state index is 14.7. The Balaban J connectivity index is 1.20. The van der Waals surface area contributed by atoms with Crippen molar-refractivity contribution in [2.75, 3.05) is 16.8 Å². The van der Waals surface area contributed by atoms with Crippen molar-refractivity contribution >= 4 is 34.9 Å². The Labute approximate surface area is 250 Å². The zero-order valence-electron chi connectivity index (χ0n) is 23.5. The molecule has 3 aromatic heterocycles. The molecule has 2 aliphatic rings. The number of pyridine rings is 1. The summed E-state index contributed by atoms with van der Waals surface area (Å²) in [7, 11) is 0. The Morgan fingerprint density at radius 1 is 1.09 bits per heavy atom. The van der Waals surface area contributed by atoms with E-state index in [1.807, 2.05) is 25.7 Å². The zero-order valence-corrected chi connectivity index (χ0v) is 24.2. The molecule has 0 bridgehead atoms. The molecule has 1 aliphatic carbocycles. The van der Waals surface area contributed by atoms with Crippen molar-refractivity contribution in [1.82, 2.24) is 24.7 Å². The molecule has 9 nitrogen and oxygen atoms in total. The molecule has 1 unspecified atom stereocenters. The molecule has 0 radical (unpaired) electrons. The molecule has 1 aliphatic heterocycles. The number of carbonyl (C=O) groups excluding carboxylic acids is 2. The van der Waals surface area contributed by atoms with Crippen LogP contribution in [0.3, 0.4) is 0 Å². The van der Waals surface area contributed by atoms with E-state index in [2.05, 4.69) is 25.4 Å². The van der Waals surface area contributed by atoms with Crippen LogP contribution in [0.15, 0.2) is 43.1 Å². The number of benzene rings is 1. The molecule has 1 N–H and O–H groups in total. The molecule has 1 saturated heterocycles. The van der Waals surface area contributed by atoms with Gasteiger partial charge in [0.05, 0.1) is 41.0 Å². The Hall–Kier alpha value is -4.32. The normalized spacial score (nSPS) is 18.5. The Morgan fingerprint density at radius 2 is 1.88 bits per heavy atom. The van der Waals surface area contributed by atoms with Crippen LogP contribution < -0.4 is 10.2 Å². The van der Waals surface area contributed by atoms with Gasteiger partial charge in [-0.3, -0.25) is 24.2 Å². The van der Waals surface area contributed by atoms with E-state index in [1.165, 1.54) is 6.20 Å². The van der Waals surface area contributed by atoms with Crippen molar-refractivity contribution in [3.8, 4) is 11.3 Å². The number of anilines is 2. The highest BCUT2D eigenvalue weighted by molar-refractivity contribution is 6.31. The maximum atomic E-state index is 14.7. The minimum absolute atomic E-state index is 0.124. The zero-order chi connectivity index (χ0) is 30.6. The van der Waals surface area contributed by atoms with Crippen LogP contribution in [0.4, 0.5) is 24.7 Å². The molecule has 1 saturated carbocycles. The molecular weight excluding hydrogens is 583 g/mol. The molecule has 3 atom stereocenters. The van der Waals surface area contributed by atoms with Crippen molar-refractivity contribution in [3.63, 3.8) is 0 Å². The van der Waals surface area contributed by atoms with Crippen LogP contribution in [0.25, 0.3) is 11.3 Å². The van der Waals surface area contributed by atoms with Crippen molar-refractivity contribution in [3.05, 3.63) is 81.9 Å². The van der Waals surface area contributed by atoms with Gasteiger partial charge in [-0.1, -0.05) is 17.7 Å². The summed E-state index contributed by atoms with van der Waals surface area (Å²) in [6.07, 6.45) is 6.12. The lowest BCUT2D eigenvalue weighted by atomic mass is 9.76. The van der Waals surface area contributed by atoms with Crippen LogP contribution in [-0.2, 0) is 4.79 Å². The number of rotatable bonds is 7. The fourth-order valence-corrected chi connectivity index (χ4v) is 5.94. The second kappa shape index (κ2) is 11.1. The molecule has 222 valence electrons. The van der Waals surface area contributed by atoms with Crippen LogP contribution >= 0.6 is 11.6 Å². The number of hydrogen-bond acceptors (Lipinski definition) is 6. The molecule has 13 heteroatoms. The van der Waals surface area contributed by atoms with Gasteiger partial charge in [0.15, 0.2) is 5.82 Å². The first-order valence-electron chi connectivity index (χ1n) is 13.8. The number of amides is 2. The van der Waals surface area contributed by atoms with E-state index in [0.717, 1.165) is 54.1 Å². The number of nitrogens with zero attached hydrogens (tertiary/aromatic N) is 6. The van der Waals surface area contributed by atoms with E-state index < -0.39 is 29.3 Å². The van der Waals surface area contributed by atoms with Crippen LogP contribution in [0.2, 0.25) is 5.02 Å². The summed E-state index contributed by atoms with van der Waals surface area (Å²) in [5, 5.41) is 6.70. The van der Waals surface area contributed by atoms with Crippen molar-refractivity contribution in [1.29, 1.82) is 0 Å². The SMILES string of the molecule is Cc1c(C(C)n2cc(NC(=O)c3cncc(-c4c(C(F)F)ccc(Cl)c4F)n3)cn2)cnc(N2C[C@H]3CC[C@H]3C2=O)c1C. The van der Waals surface area contributed by atoms with E-state index in [-0.39, 0.29) is 34.3 Å². The molecule has 2 fully saturated rings. The summed E-state index contributed by atoms with van der Waals surface area (Å²) in [5.41, 5.74) is 1.59. The third-order valence-electron chi connectivity index (χ3n) is 8.52. The number of alkyl halides is 2. The minimum atomic E-state index is -2.99. The van der Waals surface area contributed by atoms with Gasteiger partial charge in [0.25, 0.3) is 12.3 Å². The number of nitrogens with one attached hydrogen (secondary N) is 1. The van der Waals surface area contributed by atoms with E-state index in [1.54, 1.807) is 17.1 Å². The predicted octanol–water partition coefficient (Wildman–Crippen LogP) is 6.32. The van der Waals surface area contributed by atoms with Crippen LogP contribution in [0.1, 0.15) is 65.0 Å². The monoisotopic (exact) mass is 609 g/mol. The topological polar surface area (TPSA) is 106 Å². The third-order valence-corrected chi connectivity index (χ3v) is 8.81. The Kier molecular flexibility index (Phi) is 7.41. The smallest absolute Gasteiger partial charge is 0.275 e. The molecule has 43 heavy (non-hydrogen) atoms. The number of halogens is 4. The standard InChI is InChI=1S/C30H27ClF3N7O2/c1-14-15(2)28(40-12-17-4-5-19(17)30(40)43)36-9-21(14)16(3)41-13-18(8-37-41)38-29(42)24-11-35-10-23(39-24)25-20(27(33)34)6-7-22(31)26(25)32/h6-11,13,16-17,19,27H,4-5,12H2,1-3H3,(H,38,42)/t16?,17-,19-/m1/s1. The fourth-order valence-electron chi connectivity index (χ4n) is 5.79. The van der Waals surface area contributed by atoms with Gasteiger partial charge in [-0.25, -0.2) is 23.1 Å². The van der Waals surface area contributed by atoms with Gasteiger partial charge in [-0.2, -0.15) is 5.10 Å². The van der Waals surface area contributed by atoms with Crippen LogP contribution in [-0.4, -0.2) is 43.1 Å². The lowest BCUT2D eigenvalue weighted by Gasteiger charge is -2.25. The second-order valence-corrected chi connectivity index (χ2v) is 11.3. The highest BCUT2D eigenvalue weighted by atomic mass is 35.5. The quantitative estimate of drug-likeness (QED) is 0.263. The number of fused-ring (bicyclic) bond motifs is 1. The molecule has 4 heterocycles. The van der Waals surface area contributed by atoms with Crippen LogP contribution in [0, 0.1) is 31.5 Å². The summed E-state index contributed by atoms with van der Waals surface area (Å²) >= 11 is 5.82.